The minimum absolute atomic E-state index is 0.193. The third kappa shape index (κ3) is 4.32. The summed E-state index contributed by atoms with van der Waals surface area (Å²) in [5.74, 6) is -2.59. The van der Waals surface area contributed by atoms with Gasteiger partial charge in [0, 0.05) is 5.56 Å². The Balaban J connectivity index is 1.96. The molecule has 29 heavy (non-hydrogen) atoms. The number of imide groups is 2. The molecular weight excluding hydrogens is 376 g/mol. The van der Waals surface area contributed by atoms with Crippen molar-refractivity contribution < 1.29 is 29.0 Å². The number of rotatable bonds is 6. The highest BCUT2D eigenvalue weighted by atomic mass is 16.5. The minimum atomic E-state index is -1.16. The minimum Gasteiger partial charge on any atom is -0.481 e. The molecule has 1 aliphatic heterocycles. The van der Waals surface area contributed by atoms with Gasteiger partial charge in [0.2, 0.25) is 0 Å². The smallest absolute Gasteiger partial charge is 0.341 e. The Morgan fingerprint density at radius 1 is 1.10 bits per heavy atom. The van der Waals surface area contributed by atoms with Crippen LogP contribution in [-0.2, 0) is 20.8 Å². The van der Waals surface area contributed by atoms with Crippen LogP contribution >= 0.6 is 0 Å². The summed E-state index contributed by atoms with van der Waals surface area (Å²) < 4.78 is 5.20. The van der Waals surface area contributed by atoms with Gasteiger partial charge in [0.1, 0.15) is 11.3 Å². The van der Waals surface area contributed by atoms with Crippen molar-refractivity contribution in [2.75, 3.05) is 11.5 Å². The summed E-state index contributed by atoms with van der Waals surface area (Å²) >= 11 is 0. The predicted molar refractivity (Wildman–Crippen MR) is 104 cm³/mol. The zero-order valence-electron chi connectivity index (χ0n) is 15.5. The molecule has 0 atom stereocenters. The van der Waals surface area contributed by atoms with Gasteiger partial charge in [-0.1, -0.05) is 37.3 Å². The van der Waals surface area contributed by atoms with Gasteiger partial charge in [0.15, 0.2) is 6.61 Å². The molecule has 0 bridgehead atoms. The Kier molecular flexibility index (Phi) is 5.73. The number of hydrogen-bond acceptors (Lipinski definition) is 5. The second-order valence-corrected chi connectivity index (χ2v) is 6.20. The van der Waals surface area contributed by atoms with Crippen LogP contribution in [0.4, 0.5) is 10.5 Å². The number of nitrogens with one attached hydrogen (secondary N) is 1. The fourth-order valence-corrected chi connectivity index (χ4v) is 2.80. The molecule has 4 amide bonds. The van der Waals surface area contributed by atoms with Crippen molar-refractivity contribution >= 4 is 35.6 Å². The number of carbonyl (C=O) groups is 4. The quantitative estimate of drug-likeness (QED) is 0.575. The Hall–Kier alpha value is -3.94. The zero-order chi connectivity index (χ0) is 21.0. The van der Waals surface area contributed by atoms with Gasteiger partial charge in [-0.2, -0.15) is 0 Å². The summed E-state index contributed by atoms with van der Waals surface area (Å²) in [5.41, 5.74) is 1.44. The molecule has 0 aromatic heterocycles. The van der Waals surface area contributed by atoms with Crippen molar-refractivity contribution in [2.45, 2.75) is 13.3 Å². The number of carbonyl (C=O) groups excluding carboxylic acids is 3. The lowest BCUT2D eigenvalue weighted by molar-refractivity contribution is -0.139. The number of benzene rings is 2. The zero-order valence-corrected chi connectivity index (χ0v) is 15.5. The van der Waals surface area contributed by atoms with Crippen LogP contribution in [0.3, 0.4) is 0 Å². The normalized spacial score (nSPS) is 15.4. The van der Waals surface area contributed by atoms with Crippen LogP contribution in [0.5, 0.6) is 5.75 Å². The molecular formula is C21H18N2O6. The molecule has 148 valence electrons. The van der Waals surface area contributed by atoms with E-state index in [1.807, 2.05) is 6.92 Å². The first kappa shape index (κ1) is 19.8. The summed E-state index contributed by atoms with van der Waals surface area (Å²) in [7, 11) is 0. The molecule has 2 aromatic carbocycles. The lowest BCUT2D eigenvalue weighted by Gasteiger charge is -2.26. The van der Waals surface area contributed by atoms with Crippen LogP contribution in [0.1, 0.15) is 18.1 Å². The van der Waals surface area contributed by atoms with E-state index in [1.165, 1.54) is 12.1 Å². The molecule has 3 rings (SSSR count). The molecule has 1 fully saturated rings. The van der Waals surface area contributed by atoms with Crippen molar-refractivity contribution in [2.24, 2.45) is 0 Å². The third-order valence-corrected chi connectivity index (χ3v) is 4.27. The summed E-state index contributed by atoms with van der Waals surface area (Å²) in [6.45, 7) is 1.41. The van der Waals surface area contributed by atoms with Gasteiger partial charge in [0.05, 0.1) is 5.69 Å². The SMILES string of the molecule is CCc1ccc(N2C(=O)NC(=O)C(=Cc3ccccc3OCC(=O)O)C2=O)cc1. The second kappa shape index (κ2) is 8.39. The van der Waals surface area contributed by atoms with Gasteiger partial charge in [-0.25, -0.2) is 14.5 Å². The van der Waals surface area contributed by atoms with Crippen LogP contribution in [0, 0.1) is 0 Å². The number of para-hydroxylation sites is 1. The third-order valence-electron chi connectivity index (χ3n) is 4.27. The first-order chi connectivity index (χ1) is 13.9. The molecule has 0 spiro atoms. The number of anilines is 1. The van der Waals surface area contributed by atoms with Crippen molar-refractivity contribution in [3.05, 3.63) is 65.2 Å². The summed E-state index contributed by atoms with van der Waals surface area (Å²) in [6.07, 6.45) is 2.08. The number of ether oxygens (including phenoxy) is 1. The van der Waals surface area contributed by atoms with E-state index in [9.17, 15) is 19.2 Å². The van der Waals surface area contributed by atoms with E-state index in [4.69, 9.17) is 9.84 Å². The van der Waals surface area contributed by atoms with Crippen molar-refractivity contribution in [3.8, 4) is 5.75 Å². The molecule has 2 aromatic rings. The lowest BCUT2D eigenvalue weighted by Crippen LogP contribution is -2.54. The number of urea groups is 1. The van der Waals surface area contributed by atoms with Crippen molar-refractivity contribution in [1.82, 2.24) is 5.32 Å². The number of amides is 4. The van der Waals surface area contributed by atoms with Crippen LogP contribution in [0.2, 0.25) is 0 Å². The van der Waals surface area contributed by atoms with Crippen molar-refractivity contribution in [1.29, 1.82) is 0 Å². The summed E-state index contributed by atoms with van der Waals surface area (Å²) in [6, 6.07) is 12.4. The first-order valence-electron chi connectivity index (χ1n) is 8.84. The molecule has 1 aliphatic rings. The van der Waals surface area contributed by atoms with Gasteiger partial charge >= 0.3 is 12.0 Å². The molecule has 1 heterocycles. The van der Waals surface area contributed by atoms with Crippen molar-refractivity contribution in [3.63, 3.8) is 0 Å². The van der Waals surface area contributed by atoms with Crippen LogP contribution in [-0.4, -0.2) is 35.5 Å². The van der Waals surface area contributed by atoms with Gasteiger partial charge in [-0.15, -0.1) is 0 Å². The standard InChI is InChI=1S/C21H18N2O6/c1-2-13-7-9-15(10-8-13)23-20(27)16(19(26)22-21(23)28)11-14-5-3-4-6-17(14)29-12-18(24)25/h3-11H,2,12H2,1H3,(H,24,25)(H,22,26,28). The fourth-order valence-electron chi connectivity index (χ4n) is 2.80. The largest absolute Gasteiger partial charge is 0.481 e. The van der Waals surface area contributed by atoms with Gasteiger partial charge in [0.25, 0.3) is 11.8 Å². The molecule has 0 saturated carbocycles. The van der Waals surface area contributed by atoms with E-state index in [0.717, 1.165) is 16.9 Å². The fraction of sp³-hybridized carbons (Fsp3) is 0.143. The lowest BCUT2D eigenvalue weighted by atomic mass is 10.1. The number of carboxylic acids is 1. The first-order valence-corrected chi connectivity index (χ1v) is 8.84. The van der Waals surface area contributed by atoms with E-state index < -0.39 is 30.4 Å². The number of aryl methyl sites for hydroxylation is 1. The highest BCUT2D eigenvalue weighted by Gasteiger charge is 2.36. The average Bonchev–Trinajstić information content (AvgIpc) is 2.70. The summed E-state index contributed by atoms with van der Waals surface area (Å²) in [4.78, 5) is 49.1. The number of nitrogens with zero attached hydrogens (tertiary/aromatic N) is 1. The predicted octanol–water partition coefficient (Wildman–Crippen LogP) is 2.38. The maximum absolute atomic E-state index is 12.9. The maximum Gasteiger partial charge on any atom is 0.341 e. The highest BCUT2D eigenvalue weighted by Crippen LogP contribution is 2.25. The molecule has 8 nitrogen and oxygen atoms in total. The molecule has 0 unspecified atom stereocenters. The van der Waals surface area contributed by atoms with Gasteiger partial charge < -0.3 is 9.84 Å². The number of aliphatic carboxylic acids is 1. The van der Waals surface area contributed by atoms with Crippen LogP contribution in [0.25, 0.3) is 6.08 Å². The van der Waals surface area contributed by atoms with Crippen LogP contribution < -0.4 is 15.0 Å². The summed E-state index contributed by atoms with van der Waals surface area (Å²) in [5, 5.41) is 10.9. The highest BCUT2D eigenvalue weighted by molar-refractivity contribution is 6.39. The maximum atomic E-state index is 12.9. The van der Waals surface area contributed by atoms with E-state index in [0.29, 0.717) is 11.3 Å². The Labute approximate surface area is 166 Å². The Morgan fingerprint density at radius 2 is 1.79 bits per heavy atom. The molecule has 0 radical (unpaired) electrons. The van der Waals surface area contributed by atoms with Crippen LogP contribution in [0.15, 0.2) is 54.1 Å². The van der Waals surface area contributed by atoms with Gasteiger partial charge in [-0.05, 0) is 36.3 Å². The van der Waals surface area contributed by atoms with E-state index in [1.54, 1.807) is 42.5 Å². The second-order valence-electron chi connectivity index (χ2n) is 6.20. The molecule has 1 saturated heterocycles. The monoisotopic (exact) mass is 394 g/mol. The van der Waals surface area contributed by atoms with E-state index >= 15 is 0 Å². The topological polar surface area (TPSA) is 113 Å². The Bertz CT molecular complexity index is 1010. The van der Waals surface area contributed by atoms with E-state index in [2.05, 4.69) is 5.32 Å². The van der Waals surface area contributed by atoms with Gasteiger partial charge in [-0.3, -0.25) is 14.9 Å². The number of hydrogen-bond donors (Lipinski definition) is 2. The number of carboxylic acid groups (broad SMARTS) is 1. The van der Waals surface area contributed by atoms with E-state index in [-0.39, 0.29) is 11.3 Å². The molecule has 2 N–H and O–H groups in total. The number of barbiturate groups is 1. The molecule has 8 heteroatoms. The molecule has 0 aliphatic carbocycles. The average molecular weight is 394 g/mol. The Morgan fingerprint density at radius 3 is 2.45 bits per heavy atom.